The van der Waals surface area contributed by atoms with Crippen LogP contribution in [0.25, 0.3) is 11.0 Å². The van der Waals surface area contributed by atoms with Crippen LogP contribution in [-0.2, 0) is 7.05 Å². The van der Waals surface area contributed by atoms with E-state index in [-0.39, 0.29) is 17.1 Å². The van der Waals surface area contributed by atoms with E-state index >= 15 is 0 Å². The van der Waals surface area contributed by atoms with Gasteiger partial charge in [-0.05, 0) is 42.5 Å². The van der Waals surface area contributed by atoms with E-state index < -0.39 is 17.4 Å². The van der Waals surface area contributed by atoms with Crippen LogP contribution < -0.4 is 20.9 Å². The Balaban J connectivity index is 1.65. The molecule has 0 spiro atoms. The minimum atomic E-state index is -0.695. The monoisotopic (exact) mass is 418 g/mol. The second kappa shape index (κ2) is 8.15. The third-order valence-electron chi connectivity index (χ3n) is 4.65. The van der Waals surface area contributed by atoms with Crippen LogP contribution in [0.3, 0.4) is 0 Å². The Labute approximate surface area is 176 Å². The highest BCUT2D eigenvalue weighted by atomic mass is 16.5. The maximum Gasteiger partial charge on any atom is 0.291 e. The van der Waals surface area contributed by atoms with E-state index in [2.05, 4.69) is 15.6 Å². The Morgan fingerprint density at radius 2 is 1.84 bits per heavy atom. The van der Waals surface area contributed by atoms with Crippen molar-refractivity contribution in [2.24, 2.45) is 7.05 Å². The highest BCUT2D eigenvalue weighted by molar-refractivity contribution is 6.06. The number of nitrogens with one attached hydrogen (secondary N) is 2. The van der Waals surface area contributed by atoms with Crippen molar-refractivity contribution in [1.82, 2.24) is 9.55 Å². The lowest BCUT2D eigenvalue weighted by atomic mass is 10.2. The first kappa shape index (κ1) is 19.9. The quantitative estimate of drug-likeness (QED) is 0.515. The van der Waals surface area contributed by atoms with E-state index in [0.29, 0.717) is 22.5 Å². The van der Waals surface area contributed by atoms with Gasteiger partial charge in [0, 0.05) is 12.7 Å². The minimum Gasteiger partial charge on any atom is -0.495 e. The fourth-order valence-corrected chi connectivity index (χ4v) is 3.09. The summed E-state index contributed by atoms with van der Waals surface area (Å²) in [5.74, 6) is -0.649. The number of nitrogens with zero attached hydrogens (tertiary/aromatic N) is 2. The smallest absolute Gasteiger partial charge is 0.291 e. The molecule has 9 heteroatoms. The Kier molecular flexibility index (Phi) is 5.23. The molecule has 0 atom stereocenters. The zero-order valence-corrected chi connectivity index (χ0v) is 16.7. The van der Waals surface area contributed by atoms with Gasteiger partial charge in [0.05, 0.1) is 30.1 Å². The number of ether oxygens (including phenoxy) is 1. The Hall–Kier alpha value is -4.40. The van der Waals surface area contributed by atoms with Gasteiger partial charge in [-0.1, -0.05) is 12.1 Å². The number of carbonyl (C=O) groups excluding carboxylic acids is 2. The highest BCUT2D eigenvalue weighted by Gasteiger charge is 2.18. The molecule has 0 radical (unpaired) electrons. The van der Waals surface area contributed by atoms with Crippen molar-refractivity contribution in [3.05, 3.63) is 82.7 Å². The lowest BCUT2D eigenvalue weighted by Gasteiger charge is -2.13. The number of hydrogen-bond donors (Lipinski definition) is 2. The molecule has 31 heavy (non-hydrogen) atoms. The molecule has 2 N–H and O–H groups in total. The summed E-state index contributed by atoms with van der Waals surface area (Å²) in [5.41, 5.74) is 1.01. The number of methoxy groups -OCH3 is 1. The van der Waals surface area contributed by atoms with Crippen LogP contribution in [-0.4, -0.2) is 28.5 Å². The zero-order chi connectivity index (χ0) is 22.0. The first-order valence-electron chi connectivity index (χ1n) is 9.28. The summed E-state index contributed by atoms with van der Waals surface area (Å²) in [6.07, 6.45) is 1.39. The second-order valence-electron chi connectivity index (χ2n) is 6.61. The Morgan fingerprint density at radius 1 is 1.03 bits per heavy atom. The van der Waals surface area contributed by atoms with E-state index in [4.69, 9.17) is 9.15 Å². The van der Waals surface area contributed by atoms with Crippen LogP contribution in [0.15, 0.2) is 70.1 Å². The third kappa shape index (κ3) is 3.88. The summed E-state index contributed by atoms with van der Waals surface area (Å²) >= 11 is 0. The van der Waals surface area contributed by atoms with Crippen molar-refractivity contribution in [3.8, 4) is 5.75 Å². The fourth-order valence-electron chi connectivity index (χ4n) is 3.09. The molecule has 2 aromatic heterocycles. The fraction of sp³-hybridized carbons (Fsp3) is 0.0909. The van der Waals surface area contributed by atoms with Gasteiger partial charge in [0.1, 0.15) is 5.75 Å². The number of aryl methyl sites for hydroxylation is 1. The molecule has 2 amide bonds. The molecule has 0 saturated heterocycles. The van der Waals surface area contributed by atoms with Crippen LogP contribution in [0, 0.1) is 0 Å². The van der Waals surface area contributed by atoms with Gasteiger partial charge in [-0.3, -0.25) is 14.4 Å². The largest absolute Gasteiger partial charge is 0.495 e. The Morgan fingerprint density at radius 3 is 2.58 bits per heavy atom. The summed E-state index contributed by atoms with van der Waals surface area (Å²) in [5, 5.41) is 5.32. The molecule has 0 bridgehead atoms. The zero-order valence-electron chi connectivity index (χ0n) is 16.7. The number of aromatic nitrogens is 2. The van der Waals surface area contributed by atoms with Crippen molar-refractivity contribution >= 4 is 34.2 Å². The molecule has 0 aliphatic rings. The molecule has 2 heterocycles. The Bertz CT molecular complexity index is 1340. The van der Waals surface area contributed by atoms with Crippen molar-refractivity contribution < 1.29 is 18.7 Å². The maximum absolute atomic E-state index is 12.9. The maximum atomic E-state index is 12.9. The third-order valence-corrected chi connectivity index (χ3v) is 4.65. The molecule has 0 fully saturated rings. The van der Waals surface area contributed by atoms with Gasteiger partial charge in [0.15, 0.2) is 11.5 Å². The van der Waals surface area contributed by atoms with E-state index in [0.717, 1.165) is 0 Å². The molecule has 4 rings (SSSR count). The van der Waals surface area contributed by atoms with Crippen LogP contribution in [0.5, 0.6) is 5.75 Å². The van der Waals surface area contributed by atoms with Gasteiger partial charge in [-0.15, -0.1) is 0 Å². The highest BCUT2D eigenvalue weighted by Crippen LogP contribution is 2.28. The van der Waals surface area contributed by atoms with E-state index in [1.165, 1.54) is 30.1 Å². The number of rotatable bonds is 5. The number of furan rings is 1. The van der Waals surface area contributed by atoms with Crippen molar-refractivity contribution in [2.45, 2.75) is 0 Å². The normalized spacial score (nSPS) is 10.6. The number of fused-ring (bicyclic) bond motifs is 1. The summed E-state index contributed by atoms with van der Waals surface area (Å²) in [7, 11) is 3.02. The van der Waals surface area contributed by atoms with Crippen LogP contribution in [0.4, 0.5) is 11.4 Å². The number of benzene rings is 2. The number of amides is 2. The van der Waals surface area contributed by atoms with Gasteiger partial charge < -0.3 is 24.4 Å². The molecule has 0 aliphatic carbocycles. The molecule has 0 aliphatic heterocycles. The standard InChI is InChI=1S/C22H18N4O5/c1-26-16-7-4-3-6-14(16)24-19(22(26)29)21(28)25-15-12-13(9-10-17(15)30-2)23-20(27)18-8-5-11-31-18/h3-12H,1-2H3,(H,23,27)(H,25,28). The van der Waals surface area contributed by atoms with E-state index in [9.17, 15) is 14.4 Å². The number of para-hydroxylation sites is 2. The predicted molar refractivity (Wildman–Crippen MR) is 115 cm³/mol. The van der Waals surface area contributed by atoms with Crippen LogP contribution in [0.2, 0.25) is 0 Å². The summed E-state index contributed by atoms with van der Waals surface area (Å²) in [4.78, 5) is 42.0. The van der Waals surface area contributed by atoms with E-state index in [1.54, 1.807) is 49.5 Å². The molecular weight excluding hydrogens is 400 g/mol. The molecular formula is C22H18N4O5. The van der Waals surface area contributed by atoms with Gasteiger partial charge in [-0.2, -0.15) is 0 Å². The second-order valence-corrected chi connectivity index (χ2v) is 6.61. The first-order valence-corrected chi connectivity index (χ1v) is 9.28. The van der Waals surface area contributed by atoms with Crippen molar-refractivity contribution in [2.75, 3.05) is 17.7 Å². The number of hydrogen-bond acceptors (Lipinski definition) is 6. The molecule has 0 saturated carbocycles. The summed E-state index contributed by atoms with van der Waals surface area (Å²) < 4.78 is 11.7. The van der Waals surface area contributed by atoms with Crippen LogP contribution in [0.1, 0.15) is 21.0 Å². The molecule has 0 unspecified atom stereocenters. The lowest BCUT2D eigenvalue weighted by molar-refractivity contribution is 0.0994. The van der Waals surface area contributed by atoms with Gasteiger partial charge in [-0.25, -0.2) is 4.98 Å². The summed E-state index contributed by atoms with van der Waals surface area (Å²) in [6.45, 7) is 0. The number of carbonyl (C=O) groups is 2. The average molecular weight is 418 g/mol. The molecule has 2 aromatic carbocycles. The van der Waals surface area contributed by atoms with Crippen molar-refractivity contribution in [3.63, 3.8) is 0 Å². The molecule has 9 nitrogen and oxygen atoms in total. The van der Waals surface area contributed by atoms with Crippen molar-refractivity contribution in [1.29, 1.82) is 0 Å². The topological polar surface area (TPSA) is 115 Å². The molecule has 156 valence electrons. The molecule has 4 aromatic rings. The SMILES string of the molecule is COc1ccc(NC(=O)c2ccco2)cc1NC(=O)c1nc2ccccc2n(C)c1=O. The lowest BCUT2D eigenvalue weighted by Crippen LogP contribution is -2.29. The summed E-state index contributed by atoms with van der Waals surface area (Å²) in [6, 6.07) is 14.9. The van der Waals surface area contributed by atoms with Gasteiger partial charge in [0.2, 0.25) is 0 Å². The predicted octanol–water partition coefficient (Wildman–Crippen LogP) is 3.04. The van der Waals surface area contributed by atoms with E-state index in [1.807, 2.05) is 0 Å². The average Bonchev–Trinajstić information content (AvgIpc) is 3.31. The van der Waals surface area contributed by atoms with Gasteiger partial charge >= 0.3 is 0 Å². The minimum absolute atomic E-state index is 0.144. The van der Waals surface area contributed by atoms with Gasteiger partial charge in [0.25, 0.3) is 17.4 Å². The van der Waals surface area contributed by atoms with Crippen LogP contribution >= 0.6 is 0 Å². The first-order chi connectivity index (χ1) is 15.0. The number of anilines is 2.